The van der Waals surface area contributed by atoms with E-state index >= 15 is 0 Å². The number of nitrogens with zero attached hydrogens (tertiary/aromatic N) is 2. The van der Waals surface area contributed by atoms with Gasteiger partial charge in [0.15, 0.2) is 11.5 Å². The smallest absolute Gasteiger partial charge is 0.234 e. The molecule has 21 heavy (non-hydrogen) atoms. The summed E-state index contributed by atoms with van der Waals surface area (Å²) in [5.74, 6) is 1.45. The Balaban J connectivity index is 1.87. The summed E-state index contributed by atoms with van der Waals surface area (Å²) in [5, 5.41) is 11.2. The Kier molecular flexibility index (Phi) is 5.41. The molecule has 0 bridgehead atoms. The van der Waals surface area contributed by atoms with Crippen LogP contribution < -0.4 is 14.8 Å². The number of carbonyl (C=O) groups excluding carboxylic acids is 1. The first-order chi connectivity index (χ1) is 10.2. The van der Waals surface area contributed by atoms with E-state index in [1.54, 1.807) is 0 Å². The van der Waals surface area contributed by atoms with Crippen LogP contribution in [-0.2, 0) is 11.3 Å². The van der Waals surface area contributed by atoms with Crippen LogP contribution in [0, 0.1) is 11.3 Å². The zero-order valence-electron chi connectivity index (χ0n) is 12.1. The van der Waals surface area contributed by atoms with Crippen molar-refractivity contribution in [2.45, 2.75) is 19.9 Å². The number of likely N-dealkylation sites (N-methyl/N-ethyl adjacent to an activating group) is 1. The number of benzene rings is 1. The van der Waals surface area contributed by atoms with Crippen molar-refractivity contribution in [1.29, 1.82) is 5.26 Å². The van der Waals surface area contributed by atoms with E-state index in [1.165, 1.54) is 0 Å². The highest BCUT2D eigenvalue weighted by atomic mass is 16.7. The van der Waals surface area contributed by atoms with Gasteiger partial charge in [-0.1, -0.05) is 13.0 Å². The largest absolute Gasteiger partial charge is 0.454 e. The number of rotatable bonds is 7. The van der Waals surface area contributed by atoms with E-state index < -0.39 is 0 Å². The van der Waals surface area contributed by atoms with Crippen LogP contribution in [0.2, 0.25) is 0 Å². The van der Waals surface area contributed by atoms with Gasteiger partial charge in [0.25, 0.3) is 0 Å². The molecule has 1 aliphatic rings. The molecule has 0 saturated carbocycles. The third kappa shape index (κ3) is 4.36. The van der Waals surface area contributed by atoms with Gasteiger partial charge < -0.3 is 14.8 Å². The van der Waals surface area contributed by atoms with Crippen LogP contribution in [0.3, 0.4) is 0 Å². The van der Waals surface area contributed by atoms with Gasteiger partial charge in [-0.05, 0) is 24.2 Å². The highest BCUT2D eigenvalue weighted by Crippen LogP contribution is 2.32. The fraction of sp³-hybridized carbons (Fsp3) is 0.467. The van der Waals surface area contributed by atoms with Crippen molar-refractivity contribution in [2.24, 2.45) is 0 Å². The molecule has 1 aliphatic heterocycles. The zero-order valence-corrected chi connectivity index (χ0v) is 12.1. The van der Waals surface area contributed by atoms with Gasteiger partial charge in [-0.2, -0.15) is 5.26 Å². The minimum Gasteiger partial charge on any atom is -0.454 e. The van der Waals surface area contributed by atoms with Crippen molar-refractivity contribution in [3.05, 3.63) is 23.8 Å². The topological polar surface area (TPSA) is 74.6 Å². The average molecular weight is 289 g/mol. The molecule has 112 valence electrons. The quantitative estimate of drug-likeness (QED) is 0.765. The normalized spacial score (nSPS) is 12.2. The van der Waals surface area contributed by atoms with Gasteiger partial charge in [-0.25, -0.2) is 0 Å². The van der Waals surface area contributed by atoms with Crippen LogP contribution in [0.1, 0.15) is 18.9 Å². The summed E-state index contributed by atoms with van der Waals surface area (Å²) < 4.78 is 10.6. The summed E-state index contributed by atoms with van der Waals surface area (Å²) in [4.78, 5) is 13.8. The first kappa shape index (κ1) is 15.1. The lowest BCUT2D eigenvalue weighted by molar-refractivity contribution is -0.122. The molecule has 1 aromatic rings. The SMILES string of the molecule is CCN(CC(=O)NCCC#N)Cc1ccc2c(c1)OCO2. The number of hydrogen-bond donors (Lipinski definition) is 1. The van der Waals surface area contributed by atoms with E-state index in [0.29, 0.717) is 26.1 Å². The third-order valence-electron chi connectivity index (χ3n) is 3.22. The van der Waals surface area contributed by atoms with E-state index in [9.17, 15) is 4.79 Å². The maximum Gasteiger partial charge on any atom is 0.234 e. The van der Waals surface area contributed by atoms with E-state index in [1.807, 2.05) is 36.1 Å². The Morgan fingerprint density at radius 1 is 1.43 bits per heavy atom. The van der Waals surface area contributed by atoms with Crippen LogP contribution in [-0.4, -0.2) is 37.2 Å². The molecule has 1 heterocycles. The summed E-state index contributed by atoms with van der Waals surface area (Å²) in [7, 11) is 0. The second kappa shape index (κ2) is 7.50. The van der Waals surface area contributed by atoms with Gasteiger partial charge in [-0.15, -0.1) is 0 Å². The van der Waals surface area contributed by atoms with Gasteiger partial charge in [0.05, 0.1) is 19.0 Å². The van der Waals surface area contributed by atoms with E-state index in [2.05, 4.69) is 5.32 Å². The average Bonchev–Trinajstić information content (AvgIpc) is 2.94. The molecule has 0 atom stereocenters. The maximum atomic E-state index is 11.8. The van der Waals surface area contributed by atoms with Gasteiger partial charge in [0.2, 0.25) is 12.7 Å². The molecule has 0 aliphatic carbocycles. The molecule has 0 fully saturated rings. The van der Waals surface area contributed by atoms with Gasteiger partial charge in [-0.3, -0.25) is 9.69 Å². The van der Waals surface area contributed by atoms with Crippen LogP contribution in [0.15, 0.2) is 18.2 Å². The monoisotopic (exact) mass is 289 g/mol. The number of nitriles is 1. The Morgan fingerprint density at radius 2 is 2.24 bits per heavy atom. The Labute approximate surface area is 124 Å². The first-order valence-corrected chi connectivity index (χ1v) is 6.97. The second-order valence-corrected chi connectivity index (χ2v) is 4.75. The summed E-state index contributed by atoms with van der Waals surface area (Å²) in [6, 6.07) is 7.81. The molecule has 0 aromatic heterocycles. The predicted octanol–water partition coefficient (Wildman–Crippen LogP) is 1.27. The third-order valence-corrected chi connectivity index (χ3v) is 3.22. The minimum atomic E-state index is -0.0622. The Hall–Kier alpha value is -2.26. The molecular weight excluding hydrogens is 270 g/mol. The van der Waals surface area contributed by atoms with E-state index in [4.69, 9.17) is 14.7 Å². The molecule has 1 N–H and O–H groups in total. The maximum absolute atomic E-state index is 11.8. The molecule has 6 heteroatoms. The standard InChI is InChI=1S/C15H19N3O3/c1-2-18(10-15(19)17-7-3-6-16)9-12-4-5-13-14(8-12)21-11-20-13/h4-5,8H,2-3,7,9-11H2,1H3,(H,17,19). The van der Waals surface area contributed by atoms with Crippen LogP contribution >= 0.6 is 0 Å². The molecular formula is C15H19N3O3. The number of fused-ring (bicyclic) bond motifs is 1. The fourth-order valence-corrected chi connectivity index (χ4v) is 2.09. The minimum absolute atomic E-state index is 0.0622. The lowest BCUT2D eigenvalue weighted by Gasteiger charge is -2.20. The lowest BCUT2D eigenvalue weighted by atomic mass is 10.2. The number of amides is 1. The number of nitrogens with one attached hydrogen (secondary N) is 1. The molecule has 1 aromatic carbocycles. The molecule has 0 radical (unpaired) electrons. The Bertz CT molecular complexity index is 539. The highest BCUT2D eigenvalue weighted by Gasteiger charge is 2.15. The van der Waals surface area contributed by atoms with Crippen molar-refractivity contribution < 1.29 is 14.3 Å². The summed E-state index contributed by atoms with van der Waals surface area (Å²) in [5.41, 5.74) is 1.07. The molecule has 0 saturated heterocycles. The van der Waals surface area contributed by atoms with Crippen molar-refractivity contribution >= 4 is 5.91 Å². The number of hydrogen-bond acceptors (Lipinski definition) is 5. The Morgan fingerprint density at radius 3 is 3.00 bits per heavy atom. The number of ether oxygens (including phenoxy) is 2. The van der Waals surface area contributed by atoms with Crippen LogP contribution in [0.4, 0.5) is 0 Å². The van der Waals surface area contributed by atoms with Gasteiger partial charge >= 0.3 is 0 Å². The molecule has 0 spiro atoms. The van der Waals surface area contributed by atoms with Crippen molar-refractivity contribution in [1.82, 2.24) is 10.2 Å². The van der Waals surface area contributed by atoms with Gasteiger partial charge in [0, 0.05) is 13.1 Å². The van der Waals surface area contributed by atoms with Gasteiger partial charge in [0.1, 0.15) is 0 Å². The van der Waals surface area contributed by atoms with Crippen molar-refractivity contribution in [3.63, 3.8) is 0 Å². The highest BCUT2D eigenvalue weighted by molar-refractivity contribution is 5.78. The fourth-order valence-electron chi connectivity index (χ4n) is 2.09. The van der Waals surface area contributed by atoms with E-state index in [0.717, 1.165) is 23.6 Å². The lowest BCUT2D eigenvalue weighted by Crippen LogP contribution is -2.37. The molecule has 0 unspecified atom stereocenters. The molecule has 6 nitrogen and oxygen atoms in total. The van der Waals surface area contributed by atoms with Crippen molar-refractivity contribution in [3.8, 4) is 17.6 Å². The molecule has 2 rings (SSSR count). The van der Waals surface area contributed by atoms with Crippen LogP contribution in [0.5, 0.6) is 11.5 Å². The first-order valence-electron chi connectivity index (χ1n) is 6.97. The van der Waals surface area contributed by atoms with E-state index in [-0.39, 0.29) is 12.7 Å². The zero-order chi connectivity index (χ0) is 15.1. The van der Waals surface area contributed by atoms with Crippen molar-refractivity contribution in [2.75, 3.05) is 26.4 Å². The summed E-state index contributed by atoms with van der Waals surface area (Å²) >= 11 is 0. The summed E-state index contributed by atoms with van der Waals surface area (Å²) in [6.45, 7) is 4.42. The number of carbonyl (C=O) groups is 1. The predicted molar refractivity (Wildman–Crippen MR) is 76.8 cm³/mol. The molecule has 1 amide bonds. The summed E-state index contributed by atoms with van der Waals surface area (Å²) in [6.07, 6.45) is 0.333. The second-order valence-electron chi connectivity index (χ2n) is 4.75. The van der Waals surface area contributed by atoms with Crippen LogP contribution in [0.25, 0.3) is 0 Å².